The summed E-state index contributed by atoms with van der Waals surface area (Å²) >= 11 is 0. The number of benzene rings is 5. The fourth-order valence-electron chi connectivity index (χ4n) is 9.25. The third-order valence-electron chi connectivity index (χ3n) is 13.1. The molecule has 2 aliphatic rings. The normalized spacial score (nSPS) is 19.3. The number of pyridine rings is 2. The summed E-state index contributed by atoms with van der Waals surface area (Å²) in [6, 6.07) is 38.1. The predicted molar refractivity (Wildman–Crippen MR) is 243 cm³/mol. The van der Waals surface area contributed by atoms with Crippen LogP contribution in [0.25, 0.3) is 66.0 Å². The Kier molecular flexibility index (Phi) is 9.04. The van der Waals surface area contributed by atoms with E-state index in [1.165, 1.54) is 54.3 Å². The van der Waals surface area contributed by atoms with Gasteiger partial charge in [-0.15, -0.1) is 53.6 Å². The van der Waals surface area contributed by atoms with Crippen LogP contribution in [-0.2, 0) is 25.5 Å². The molecule has 0 saturated heterocycles. The van der Waals surface area contributed by atoms with E-state index in [1.807, 2.05) is 30.3 Å². The Labute approximate surface area is 374 Å². The molecule has 0 aliphatic heterocycles. The summed E-state index contributed by atoms with van der Waals surface area (Å²) in [6.07, 6.45) is 11.4. The Morgan fingerprint density at radius 2 is 1.54 bits per heavy atom. The molecule has 3 heterocycles. The summed E-state index contributed by atoms with van der Waals surface area (Å²) in [4.78, 5) is 9.03. The Hall–Kier alpha value is -4.63. The van der Waals surface area contributed by atoms with Crippen molar-refractivity contribution in [3.8, 4) is 22.5 Å². The van der Waals surface area contributed by atoms with Gasteiger partial charge in [0.05, 0.1) is 5.58 Å². The molecule has 5 aromatic carbocycles. The second-order valence-electron chi connectivity index (χ2n) is 18.6. The first kappa shape index (κ1) is 33.1. The topological polar surface area (TPSA) is 38.9 Å². The average molecular weight is 960 g/mol. The van der Waals surface area contributed by atoms with Crippen LogP contribution in [0.4, 0.5) is 0 Å². The molecule has 0 amide bonds. The third kappa shape index (κ3) is 8.29. The number of hydrogen-bond acceptors (Lipinski definition) is 3. The van der Waals surface area contributed by atoms with E-state index >= 15 is 0 Å². The molecule has 3 nitrogen and oxygen atoms in total. The zero-order valence-corrected chi connectivity index (χ0v) is 37.1. The molecule has 0 unspecified atom stereocenters. The second kappa shape index (κ2) is 16.1. The molecule has 2 aliphatic carbocycles. The van der Waals surface area contributed by atoms with Gasteiger partial charge in [0.1, 0.15) is 5.58 Å². The molecular formula is C55H56IrN2O-2. The molecule has 0 N–H and O–H groups in total. The van der Waals surface area contributed by atoms with E-state index in [2.05, 4.69) is 105 Å². The van der Waals surface area contributed by atoms with Gasteiger partial charge in [-0.3, -0.25) is 0 Å². The first-order valence-corrected chi connectivity index (χ1v) is 20.8. The molecule has 1 radical (unpaired) electrons. The van der Waals surface area contributed by atoms with Gasteiger partial charge in [-0.25, -0.2) is 0 Å². The van der Waals surface area contributed by atoms with Gasteiger partial charge in [0.15, 0.2) is 0 Å². The van der Waals surface area contributed by atoms with Crippen molar-refractivity contribution in [2.24, 2.45) is 10.8 Å². The van der Waals surface area contributed by atoms with Crippen LogP contribution in [0.15, 0.2) is 114 Å². The van der Waals surface area contributed by atoms with Crippen LogP contribution in [-0.4, -0.2) is 9.97 Å². The molecule has 0 bridgehead atoms. The van der Waals surface area contributed by atoms with Crippen molar-refractivity contribution < 1.29 is 34.1 Å². The third-order valence-corrected chi connectivity index (χ3v) is 13.1. The minimum atomic E-state index is -2.35. The monoisotopic (exact) mass is 960 g/mol. The molecule has 59 heavy (non-hydrogen) atoms. The first-order chi connectivity index (χ1) is 30.6. The van der Waals surface area contributed by atoms with Gasteiger partial charge in [0, 0.05) is 47.5 Å². The van der Waals surface area contributed by atoms with Crippen molar-refractivity contribution in [2.75, 3.05) is 0 Å². The molecule has 4 heteroatoms. The summed E-state index contributed by atoms with van der Waals surface area (Å²) in [7, 11) is 0. The van der Waals surface area contributed by atoms with Crippen LogP contribution in [0.3, 0.4) is 0 Å². The summed E-state index contributed by atoms with van der Waals surface area (Å²) in [5, 5.41) is 6.65. The van der Waals surface area contributed by atoms with Crippen molar-refractivity contribution in [1.82, 2.24) is 9.97 Å². The largest absolute Gasteiger partial charge is 0.501 e. The minimum absolute atomic E-state index is 0. The Bertz CT molecular complexity index is 3050. The Morgan fingerprint density at radius 1 is 0.746 bits per heavy atom. The summed E-state index contributed by atoms with van der Waals surface area (Å²) in [5.74, 6) is -0.972. The molecule has 2 fully saturated rings. The number of furan rings is 1. The van der Waals surface area contributed by atoms with Gasteiger partial charge in [-0.2, -0.15) is 0 Å². The van der Waals surface area contributed by atoms with E-state index in [4.69, 9.17) is 12.6 Å². The van der Waals surface area contributed by atoms with E-state index in [1.54, 1.807) is 18.3 Å². The maximum atomic E-state index is 9.71. The van der Waals surface area contributed by atoms with Crippen molar-refractivity contribution in [2.45, 2.75) is 111 Å². The van der Waals surface area contributed by atoms with Gasteiger partial charge in [-0.1, -0.05) is 101 Å². The Morgan fingerprint density at radius 3 is 2.29 bits per heavy atom. The zero-order chi connectivity index (χ0) is 46.2. The van der Waals surface area contributed by atoms with Crippen LogP contribution in [0.1, 0.15) is 124 Å². The summed E-state index contributed by atoms with van der Waals surface area (Å²) in [5.41, 5.74) is 7.39. The van der Waals surface area contributed by atoms with E-state index in [0.717, 1.165) is 51.2 Å². The molecular weight excluding hydrogens is 897 g/mol. The summed E-state index contributed by atoms with van der Waals surface area (Å²) < 4.78 is 63.4. The van der Waals surface area contributed by atoms with Crippen molar-refractivity contribution >= 4 is 43.5 Å². The van der Waals surface area contributed by atoms with Crippen LogP contribution < -0.4 is 0 Å². The van der Waals surface area contributed by atoms with Crippen molar-refractivity contribution in [3.63, 3.8) is 0 Å². The molecule has 303 valence electrons. The molecule has 2 saturated carbocycles. The number of aryl methyl sites for hydroxylation is 2. The van der Waals surface area contributed by atoms with E-state index < -0.39 is 19.6 Å². The van der Waals surface area contributed by atoms with Crippen LogP contribution >= 0.6 is 0 Å². The van der Waals surface area contributed by atoms with E-state index in [9.17, 15) is 1.37 Å². The number of nitrogens with zero attached hydrogens (tertiary/aromatic N) is 2. The maximum Gasteiger partial charge on any atom is 0.121 e. The number of aromatic nitrogens is 2. The number of rotatable bonds is 3. The van der Waals surface area contributed by atoms with Crippen LogP contribution in [0.5, 0.6) is 0 Å². The van der Waals surface area contributed by atoms with E-state index in [-0.39, 0.29) is 31.1 Å². The van der Waals surface area contributed by atoms with Crippen LogP contribution in [0, 0.1) is 36.7 Å². The SMILES string of the molecule is [2H]C([2H])([2H])c1c[c-]c(-c2cc(C(C)(C)C)ccn2)cc1.[2H]C([2H])([2H])c1cnc(-c2[c-]ccc3c2oc2cc4c(ccc5ccccc54)cc23)cc1C1([2H])CCC2(CCC(C)(C)CC2)CC1.[Ir]. The average Bonchev–Trinajstić information content (AvgIpc) is 3.65. The molecule has 10 rings (SSSR count). The van der Waals surface area contributed by atoms with Gasteiger partial charge in [0.2, 0.25) is 0 Å². The summed E-state index contributed by atoms with van der Waals surface area (Å²) in [6.45, 7) is 6.73. The fraction of sp³-hybridized carbons (Fsp3) is 0.345. The van der Waals surface area contributed by atoms with Gasteiger partial charge in [0.25, 0.3) is 0 Å². The van der Waals surface area contributed by atoms with Crippen molar-refractivity contribution in [1.29, 1.82) is 0 Å². The molecule has 1 spiro atoms. The maximum absolute atomic E-state index is 9.71. The van der Waals surface area contributed by atoms with Crippen molar-refractivity contribution in [3.05, 3.63) is 144 Å². The van der Waals surface area contributed by atoms with Crippen LogP contribution in [0.2, 0.25) is 0 Å². The smallest absolute Gasteiger partial charge is 0.121 e. The van der Waals surface area contributed by atoms with Gasteiger partial charge in [-0.05, 0) is 148 Å². The standard InChI is InChI=1S/C39H38NO.C16H18N.Ir/c1-25-24-40-35(22-32(25)27-13-15-39(16-14-27)19-17-38(2,3)18-20-39)31-10-6-9-30-34-21-28-12-11-26-7-4-5-8-29(26)33(28)23-36(34)41-37(30)31;1-12-5-7-13(8-6-12)15-11-14(9-10-17-15)16(2,3)4;/h4-9,11-12,21-24,27H,13-20H2,1-3H3;5-7,9-11H,1-4H3;/q2*-1;/i1D3,27D;1D3;. The number of fused-ring (bicyclic) bond motifs is 6. The second-order valence-corrected chi connectivity index (χ2v) is 18.6. The van der Waals surface area contributed by atoms with E-state index in [0.29, 0.717) is 51.6 Å². The van der Waals surface area contributed by atoms with Gasteiger partial charge >= 0.3 is 0 Å². The minimum Gasteiger partial charge on any atom is -0.501 e. The zero-order valence-electron chi connectivity index (χ0n) is 41.7. The molecule has 3 aromatic heterocycles. The fourth-order valence-corrected chi connectivity index (χ4v) is 9.25. The van der Waals surface area contributed by atoms with Gasteiger partial charge < -0.3 is 14.4 Å². The first-order valence-electron chi connectivity index (χ1n) is 24.3. The Balaban J connectivity index is 0.000000238. The predicted octanol–water partition coefficient (Wildman–Crippen LogP) is 15.5. The molecule has 8 aromatic rings. The molecule has 0 atom stereocenters. The number of hydrogen-bond donors (Lipinski definition) is 0. The quantitative estimate of drug-likeness (QED) is 0.131.